The van der Waals surface area contributed by atoms with Crippen LogP contribution in [0.5, 0.6) is 17.2 Å². The topological polar surface area (TPSA) is 72.6 Å². The van der Waals surface area contributed by atoms with Gasteiger partial charge in [0, 0.05) is 11.1 Å². The number of benzene rings is 2. The highest BCUT2D eigenvalue weighted by molar-refractivity contribution is 6.35. The highest BCUT2D eigenvalue weighted by Crippen LogP contribution is 2.40. The van der Waals surface area contributed by atoms with Crippen molar-refractivity contribution in [1.29, 1.82) is 0 Å². The highest BCUT2D eigenvalue weighted by Gasteiger charge is 2.18. The van der Waals surface area contributed by atoms with Gasteiger partial charge in [-0.1, -0.05) is 34.8 Å². The summed E-state index contributed by atoms with van der Waals surface area (Å²) < 4.78 is 5.34. The van der Waals surface area contributed by atoms with E-state index < -0.39 is 4.92 Å². The second-order valence-corrected chi connectivity index (χ2v) is 4.96. The SMILES string of the molecule is O=[N+]([O-])c1cc(Oc2ccc(Cl)cc2Cl)c(O)cc1Cl. The molecule has 0 heterocycles. The number of phenolic OH excluding ortho intramolecular Hbond substituents is 1. The molecule has 2 rings (SSSR count). The van der Waals surface area contributed by atoms with Gasteiger partial charge in [-0.15, -0.1) is 0 Å². The average molecular weight is 335 g/mol. The van der Waals surface area contributed by atoms with Crippen molar-refractivity contribution >= 4 is 40.5 Å². The fraction of sp³-hybridized carbons (Fsp3) is 0. The van der Waals surface area contributed by atoms with Crippen molar-refractivity contribution < 1.29 is 14.8 Å². The van der Waals surface area contributed by atoms with Gasteiger partial charge in [-0.05, 0) is 18.2 Å². The maximum absolute atomic E-state index is 10.8. The second kappa shape index (κ2) is 5.75. The predicted molar refractivity (Wildman–Crippen MR) is 76.3 cm³/mol. The van der Waals surface area contributed by atoms with Crippen LogP contribution in [0, 0.1) is 10.1 Å². The van der Waals surface area contributed by atoms with Gasteiger partial charge in [0.2, 0.25) is 0 Å². The van der Waals surface area contributed by atoms with Crippen LogP contribution in [-0.4, -0.2) is 10.0 Å². The molecule has 0 saturated carbocycles. The van der Waals surface area contributed by atoms with E-state index in [1.165, 1.54) is 18.2 Å². The van der Waals surface area contributed by atoms with Crippen molar-refractivity contribution in [2.24, 2.45) is 0 Å². The largest absolute Gasteiger partial charge is 0.504 e. The molecule has 0 aliphatic carbocycles. The summed E-state index contributed by atoms with van der Waals surface area (Å²) in [6.07, 6.45) is 0. The number of phenols is 1. The summed E-state index contributed by atoms with van der Waals surface area (Å²) in [5, 5.41) is 20.9. The smallest absolute Gasteiger partial charge is 0.291 e. The molecule has 104 valence electrons. The first-order chi connectivity index (χ1) is 9.38. The van der Waals surface area contributed by atoms with Crippen molar-refractivity contribution in [3.8, 4) is 17.2 Å². The third-order valence-corrected chi connectivity index (χ3v) is 3.17. The summed E-state index contributed by atoms with van der Waals surface area (Å²) in [7, 11) is 0. The first-order valence-electron chi connectivity index (χ1n) is 5.18. The van der Waals surface area contributed by atoms with E-state index in [2.05, 4.69) is 0 Å². The Morgan fingerprint density at radius 2 is 1.75 bits per heavy atom. The summed E-state index contributed by atoms with van der Waals surface area (Å²) in [6, 6.07) is 6.50. The molecule has 0 saturated heterocycles. The summed E-state index contributed by atoms with van der Waals surface area (Å²) in [5.41, 5.74) is -0.385. The van der Waals surface area contributed by atoms with Crippen molar-refractivity contribution in [3.63, 3.8) is 0 Å². The van der Waals surface area contributed by atoms with Crippen LogP contribution in [0.3, 0.4) is 0 Å². The van der Waals surface area contributed by atoms with Crippen LogP contribution < -0.4 is 4.74 Å². The van der Waals surface area contributed by atoms with Crippen LogP contribution in [-0.2, 0) is 0 Å². The molecular weight excluding hydrogens is 328 g/mol. The fourth-order valence-corrected chi connectivity index (χ4v) is 2.10. The number of halogens is 3. The average Bonchev–Trinajstić information content (AvgIpc) is 2.35. The number of nitro groups is 1. The van der Waals surface area contributed by atoms with Gasteiger partial charge in [-0.25, -0.2) is 0 Å². The van der Waals surface area contributed by atoms with Gasteiger partial charge in [0.1, 0.15) is 10.8 Å². The van der Waals surface area contributed by atoms with Gasteiger partial charge in [0.25, 0.3) is 5.69 Å². The molecular formula is C12H6Cl3NO4. The third-order valence-electron chi connectivity index (χ3n) is 2.34. The quantitative estimate of drug-likeness (QED) is 0.629. The lowest BCUT2D eigenvalue weighted by atomic mass is 10.2. The van der Waals surface area contributed by atoms with E-state index in [1.807, 2.05) is 0 Å². The predicted octanol–water partition coefficient (Wildman–Crippen LogP) is 5.05. The van der Waals surface area contributed by atoms with Gasteiger partial charge in [-0.2, -0.15) is 0 Å². The van der Waals surface area contributed by atoms with E-state index in [0.717, 1.165) is 12.1 Å². The highest BCUT2D eigenvalue weighted by atomic mass is 35.5. The minimum absolute atomic E-state index is 0.134. The summed E-state index contributed by atoms with van der Waals surface area (Å²) in [5.74, 6) is -0.278. The summed E-state index contributed by atoms with van der Waals surface area (Å²) in [4.78, 5) is 10.1. The minimum Gasteiger partial charge on any atom is -0.504 e. The molecule has 0 aliphatic rings. The van der Waals surface area contributed by atoms with Gasteiger partial charge >= 0.3 is 0 Å². The molecule has 20 heavy (non-hydrogen) atoms. The molecule has 1 N–H and O–H groups in total. The number of rotatable bonds is 3. The summed E-state index contributed by atoms with van der Waals surface area (Å²) >= 11 is 17.3. The number of hydrogen-bond acceptors (Lipinski definition) is 4. The standard InChI is InChI=1S/C12H6Cl3NO4/c13-6-1-2-11(8(15)3-6)20-12-5-9(16(18)19)7(14)4-10(12)17/h1-5,17H. The van der Waals surface area contributed by atoms with Crippen LogP contribution in [0.1, 0.15) is 0 Å². The zero-order chi connectivity index (χ0) is 14.9. The molecule has 0 aliphatic heterocycles. The van der Waals surface area contributed by atoms with E-state index >= 15 is 0 Å². The molecule has 8 heteroatoms. The second-order valence-electron chi connectivity index (χ2n) is 3.71. The van der Waals surface area contributed by atoms with Gasteiger partial charge in [-0.3, -0.25) is 10.1 Å². The van der Waals surface area contributed by atoms with E-state index in [4.69, 9.17) is 39.5 Å². The van der Waals surface area contributed by atoms with E-state index in [-0.39, 0.29) is 33.0 Å². The number of hydrogen-bond donors (Lipinski definition) is 1. The molecule has 0 spiro atoms. The maximum atomic E-state index is 10.8. The Balaban J connectivity index is 2.43. The van der Waals surface area contributed by atoms with Crippen LogP contribution >= 0.6 is 34.8 Å². The lowest BCUT2D eigenvalue weighted by Crippen LogP contribution is -1.92. The Morgan fingerprint density at radius 3 is 2.35 bits per heavy atom. The third kappa shape index (κ3) is 3.07. The molecule has 0 amide bonds. The zero-order valence-corrected chi connectivity index (χ0v) is 11.9. The molecule has 0 fully saturated rings. The van der Waals surface area contributed by atoms with E-state index in [1.54, 1.807) is 0 Å². The van der Waals surface area contributed by atoms with E-state index in [0.29, 0.717) is 5.02 Å². The van der Waals surface area contributed by atoms with Gasteiger partial charge in [0.15, 0.2) is 11.5 Å². The van der Waals surface area contributed by atoms with Crippen molar-refractivity contribution in [3.05, 3.63) is 55.5 Å². The van der Waals surface area contributed by atoms with Gasteiger partial charge < -0.3 is 9.84 Å². The van der Waals surface area contributed by atoms with Crippen molar-refractivity contribution in [1.82, 2.24) is 0 Å². The normalized spacial score (nSPS) is 10.3. The molecule has 5 nitrogen and oxygen atoms in total. The molecule has 0 atom stereocenters. The molecule has 0 aromatic heterocycles. The Kier molecular flexibility index (Phi) is 4.23. The molecule has 2 aromatic rings. The van der Waals surface area contributed by atoms with Crippen LogP contribution in [0.15, 0.2) is 30.3 Å². The molecule has 0 bridgehead atoms. The molecule has 2 aromatic carbocycles. The Hall–Kier alpha value is -1.69. The van der Waals surface area contributed by atoms with Gasteiger partial charge in [0.05, 0.1) is 16.0 Å². The lowest BCUT2D eigenvalue weighted by molar-refractivity contribution is -0.384. The number of nitrogens with zero attached hydrogens (tertiary/aromatic N) is 1. The summed E-state index contributed by atoms with van der Waals surface area (Å²) in [6.45, 7) is 0. The van der Waals surface area contributed by atoms with Crippen LogP contribution in [0.2, 0.25) is 15.1 Å². The maximum Gasteiger partial charge on any atom is 0.291 e. The lowest BCUT2D eigenvalue weighted by Gasteiger charge is -2.09. The Labute approximate surface area is 128 Å². The zero-order valence-electron chi connectivity index (χ0n) is 9.64. The van der Waals surface area contributed by atoms with E-state index in [9.17, 15) is 15.2 Å². The van der Waals surface area contributed by atoms with Crippen LogP contribution in [0.4, 0.5) is 5.69 Å². The fourth-order valence-electron chi connectivity index (χ4n) is 1.43. The van der Waals surface area contributed by atoms with Crippen molar-refractivity contribution in [2.45, 2.75) is 0 Å². The van der Waals surface area contributed by atoms with Crippen molar-refractivity contribution in [2.75, 3.05) is 0 Å². The first kappa shape index (κ1) is 14.7. The molecule has 0 unspecified atom stereocenters. The monoisotopic (exact) mass is 333 g/mol. The molecule has 0 radical (unpaired) electrons. The number of ether oxygens (including phenoxy) is 1. The van der Waals surface area contributed by atoms with Crippen LogP contribution in [0.25, 0.3) is 0 Å². The number of nitro benzene ring substituents is 1. The Morgan fingerprint density at radius 1 is 1.05 bits per heavy atom. The number of aromatic hydroxyl groups is 1. The first-order valence-corrected chi connectivity index (χ1v) is 6.31. The minimum atomic E-state index is -0.682. The Bertz CT molecular complexity index is 691.